The molecule has 1 atom stereocenters. The molecule has 1 fully saturated rings. The molecule has 4 rings (SSSR count). The Morgan fingerprint density at radius 3 is 2.79 bits per heavy atom. The van der Waals surface area contributed by atoms with Crippen LogP contribution in [0.4, 0.5) is 5.69 Å². The van der Waals surface area contributed by atoms with Crippen molar-refractivity contribution in [1.82, 2.24) is 9.78 Å². The first-order valence-electron chi connectivity index (χ1n) is 8.47. The summed E-state index contributed by atoms with van der Waals surface area (Å²) < 4.78 is 13.8. The van der Waals surface area contributed by atoms with Crippen LogP contribution in [0.5, 0.6) is 11.5 Å². The lowest BCUT2D eigenvalue weighted by molar-refractivity contribution is -0.119. The molecule has 1 saturated carbocycles. The lowest BCUT2D eigenvalue weighted by Gasteiger charge is -2.31. The van der Waals surface area contributed by atoms with Crippen LogP contribution in [0, 0.1) is 0 Å². The topological polar surface area (TPSA) is 65.4 Å². The van der Waals surface area contributed by atoms with E-state index in [-0.39, 0.29) is 11.9 Å². The van der Waals surface area contributed by atoms with Crippen molar-refractivity contribution >= 4 is 11.6 Å². The highest BCUT2D eigenvalue weighted by molar-refractivity contribution is 5.93. The third-order valence-electron chi connectivity index (χ3n) is 4.72. The van der Waals surface area contributed by atoms with Crippen molar-refractivity contribution in [2.75, 3.05) is 5.32 Å². The summed E-state index contributed by atoms with van der Waals surface area (Å²) in [6.07, 6.45) is 8.75. The van der Waals surface area contributed by atoms with E-state index in [4.69, 9.17) is 9.47 Å². The van der Waals surface area contributed by atoms with Crippen molar-refractivity contribution < 1.29 is 14.3 Å². The first-order valence-corrected chi connectivity index (χ1v) is 8.47. The first-order chi connectivity index (χ1) is 11.7. The fourth-order valence-electron chi connectivity index (χ4n) is 3.34. The molecule has 6 heteroatoms. The van der Waals surface area contributed by atoms with Gasteiger partial charge in [-0.15, -0.1) is 0 Å². The van der Waals surface area contributed by atoms with Gasteiger partial charge in [-0.3, -0.25) is 9.48 Å². The summed E-state index contributed by atoms with van der Waals surface area (Å²) in [4.78, 5) is 12.4. The maximum absolute atomic E-state index is 12.4. The normalized spacial score (nSPS) is 19.2. The second kappa shape index (κ2) is 5.85. The van der Waals surface area contributed by atoms with Gasteiger partial charge in [0.1, 0.15) is 6.04 Å². The third-order valence-corrected chi connectivity index (χ3v) is 4.72. The number of amides is 1. The first kappa shape index (κ1) is 15.1. The van der Waals surface area contributed by atoms with E-state index in [1.807, 2.05) is 25.1 Å². The van der Waals surface area contributed by atoms with Crippen LogP contribution in [-0.2, 0) is 4.79 Å². The number of benzene rings is 1. The Labute approximate surface area is 140 Å². The lowest BCUT2D eigenvalue weighted by Crippen LogP contribution is -2.40. The van der Waals surface area contributed by atoms with Crippen LogP contribution in [0.15, 0.2) is 36.7 Å². The van der Waals surface area contributed by atoms with Gasteiger partial charge in [-0.2, -0.15) is 5.10 Å². The highest BCUT2D eigenvalue weighted by atomic mass is 16.7. The minimum absolute atomic E-state index is 0.120. The Kier molecular flexibility index (Phi) is 3.67. The number of nitrogens with zero attached hydrogens (tertiary/aromatic N) is 2. The van der Waals surface area contributed by atoms with Gasteiger partial charge in [-0.25, -0.2) is 0 Å². The van der Waals surface area contributed by atoms with Gasteiger partial charge in [0.25, 0.3) is 5.79 Å². The smallest absolute Gasteiger partial charge is 0.251 e. The number of fused-ring (bicyclic) bond motifs is 1. The average molecular weight is 327 g/mol. The van der Waals surface area contributed by atoms with E-state index in [9.17, 15) is 4.79 Å². The van der Waals surface area contributed by atoms with Crippen molar-refractivity contribution in [2.45, 2.75) is 50.9 Å². The van der Waals surface area contributed by atoms with E-state index in [1.165, 1.54) is 6.42 Å². The number of anilines is 1. The van der Waals surface area contributed by atoms with Crippen LogP contribution < -0.4 is 14.8 Å². The Balaban J connectivity index is 1.47. The number of carbonyl (C=O) groups excluding carboxylic acids is 1. The molecule has 0 radical (unpaired) electrons. The summed E-state index contributed by atoms with van der Waals surface area (Å²) in [6.45, 7) is 1.81. The average Bonchev–Trinajstić information content (AvgIpc) is 3.22. The number of ether oxygens (including phenoxy) is 2. The second-order valence-corrected chi connectivity index (χ2v) is 6.49. The fraction of sp³-hybridized carbons (Fsp3) is 0.444. The fourth-order valence-corrected chi connectivity index (χ4v) is 3.34. The van der Waals surface area contributed by atoms with E-state index in [2.05, 4.69) is 10.4 Å². The quantitative estimate of drug-likeness (QED) is 0.937. The molecule has 1 aromatic carbocycles. The van der Waals surface area contributed by atoms with Crippen LogP contribution in [0.25, 0.3) is 0 Å². The molecule has 1 aliphatic heterocycles. The molecule has 1 N–H and O–H groups in total. The SMILES string of the molecule is CC(C(=O)Nc1ccc2c(c1)OC1(CCCCC1)O2)n1cccn1. The largest absolute Gasteiger partial charge is 0.448 e. The van der Waals surface area contributed by atoms with E-state index in [0.29, 0.717) is 11.4 Å². The molecular weight excluding hydrogens is 306 g/mol. The third kappa shape index (κ3) is 2.72. The molecule has 1 spiro atoms. The molecule has 6 nitrogen and oxygen atoms in total. The number of rotatable bonds is 3. The van der Waals surface area contributed by atoms with Gasteiger partial charge in [0.2, 0.25) is 5.91 Å². The highest BCUT2D eigenvalue weighted by Gasteiger charge is 2.42. The standard InChI is InChI=1S/C18H21N3O3/c1-13(21-11-5-10-19-21)17(22)20-14-6-7-15-16(12-14)24-18(23-15)8-3-2-4-9-18/h5-7,10-13H,2-4,8-9H2,1H3,(H,20,22). The molecule has 1 aliphatic carbocycles. The minimum atomic E-state index is -0.494. The van der Waals surface area contributed by atoms with Gasteiger partial charge in [-0.05, 0) is 38.0 Å². The number of hydrogen-bond acceptors (Lipinski definition) is 4. The lowest BCUT2D eigenvalue weighted by atomic mass is 9.94. The molecule has 1 unspecified atom stereocenters. The zero-order chi connectivity index (χ0) is 16.6. The van der Waals surface area contributed by atoms with Crippen LogP contribution in [0.2, 0.25) is 0 Å². The van der Waals surface area contributed by atoms with Crippen LogP contribution in [-0.4, -0.2) is 21.5 Å². The van der Waals surface area contributed by atoms with E-state index >= 15 is 0 Å². The summed E-state index contributed by atoms with van der Waals surface area (Å²) in [5.41, 5.74) is 0.703. The number of aromatic nitrogens is 2. The van der Waals surface area contributed by atoms with Gasteiger partial charge < -0.3 is 14.8 Å². The molecule has 1 amide bonds. The Hall–Kier alpha value is -2.50. The molecule has 24 heavy (non-hydrogen) atoms. The van der Waals surface area contributed by atoms with E-state index in [0.717, 1.165) is 31.4 Å². The predicted molar refractivity (Wildman–Crippen MR) is 89.1 cm³/mol. The second-order valence-electron chi connectivity index (χ2n) is 6.49. The van der Waals surface area contributed by atoms with Crippen molar-refractivity contribution in [3.05, 3.63) is 36.7 Å². The molecular formula is C18H21N3O3. The van der Waals surface area contributed by atoms with Crippen LogP contribution >= 0.6 is 0 Å². The maximum Gasteiger partial charge on any atom is 0.251 e. The van der Waals surface area contributed by atoms with E-state index in [1.54, 1.807) is 23.1 Å². The molecule has 2 heterocycles. The van der Waals surface area contributed by atoms with Gasteiger partial charge in [0.05, 0.1) is 0 Å². The minimum Gasteiger partial charge on any atom is -0.448 e. The van der Waals surface area contributed by atoms with E-state index < -0.39 is 5.79 Å². The zero-order valence-electron chi connectivity index (χ0n) is 13.7. The number of hydrogen-bond donors (Lipinski definition) is 1. The molecule has 0 saturated heterocycles. The number of carbonyl (C=O) groups is 1. The Morgan fingerprint density at radius 1 is 1.25 bits per heavy atom. The Morgan fingerprint density at radius 2 is 2.04 bits per heavy atom. The summed E-state index contributed by atoms with van der Waals surface area (Å²) in [7, 11) is 0. The van der Waals surface area contributed by atoms with Gasteiger partial charge in [0, 0.05) is 37.0 Å². The highest BCUT2D eigenvalue weighted by Crippen LogP contribution is 2.46. The van der Waals surface area contributed by atoms with Gasteiger partial charge in [-0.1, -0.05) is 6.42 Å². The molecule has 0 bridgehead atoms. The molecule has 2 aliphatic rings. The van der Waals surface area contributed by atoms with Crippen molar-refractivity contribution in [3.8, 4) is 11.5 Å². The van der Waals surface area contributed by atoms with Gasteiger partial charge in [0.15, 0.2) is 11.5 Å². The van der Waals surface area contributed by atoms with Crippen molar-refractivity contribution in [1.29, 1.82) is 0 Å². The Bertz CT molecular complexity index is 736. The molecule has 2 aromatic rings. The maximum atomic E-state index is 12.4. The molecule has 1 aromatic heterocycles. The summed E-state index contributed by atoms with van der Waals surface area (Å²) in [6, 6.07) is 6.97. The molecule has 126 valence electrons. The predicted octanol–water partition coefficient (Wildman–Crippen LogP) is 3.51. The summed E-state index contributed by atoms with van der Waals surface area (Å²) >= 11 is 0. The van der Waals surface area contributed by atoms with Crippen molar-refractivity contribution in [2.24, 2.45) is 0 Å². The monoisotopic (exact) mass is 327 g/mol. The van der Waals surface area contributed by atoms with Crippen LogP contribution in [0.1, 0.15) is 45.1 Å². The summed E-state index contributed by atoms with van der Waals surface area (Å²) in [5.74, 6) is 0.854. The van der Waals surface area contributed by atoms with Crippen LogP contribution in [0.3, 0.4) is 0 Å². The number of nitrogens with one attached hydrogen (secondary N) is 1. The van der Waals surface area contributed by atoms with Gasteiger partial charge >= 0.3 is 0 Å². The zero-order valence-corrected chi connectivity index (χ0v) is 13.7. The summed E-state index contributed by atoms with van der Waals surface area (Å²) in [5, 5.41) is 7.02. The van der Waals surface area contributed by atoms with Crippen molar-refractivity contribution in [3.63, 3.8) is 0 Å².